The second kappa shape index (κ2) is 11.6. The predicted molar refractivity (Wildman–Crippen MR) is 115 cm³/mol. The number of amides is 1. The van der Waals surface area contributed by atoms with Crippen LogP contribution in [0, 0.1) is 5.82 Å². The number of ether oxygens (including phenoxy) is 1. The number of halogens is 1. The molecule has 0 fully saturated rings. The maximum absolute atomic E-state index is 13.4. The Kier molecular flexibility index (Phi) is 9.15. The Bertz CT molecular complexity index is 913. The summed E-state index contributed by atoms with van der Waals surface area (Å²) in [7, 11) is 0. The normalized spacial score (nSPS) is 13.1. The number of rotatable bonds is 12. The number of carboxylic acid groups (broad SMARTS) is 1. The molecule has 2 aromatic rings. The lowest BCUT2D eigenvalue weighted by atomic mass is 10.0. The number of hydrogen-bond donors (Lipinski definition) is 4. The average Bonchev–Trinajstić information content (AvgIpc) is 3.10. The summed E-state index contributed by atoms with van der Waals surface area (Å²) in [5, 5.41) is 35.9. The van der Waals surface area contributed by atoms with Crippen LogP contribution in [0.25, 0.3) is 5.69 Å². The number of nitrogens with one attached hydrogen (secondary N) is 1. The molecule has 1 heterocycles. The van der Waals surface area contributed by atoms with Crippen molar-refractivity contribution in [3.63, 3.8) is 0 Å². The third-order valence-electron chi connectivity index (χ3n) is 4.64. The maximum atomic E-state index is 13.4. The minimum absolute atomic E-state index is 0.160. The van der Waals surface area contributed by atoms with Crippen LogP contribution in [0.5, 0.6) is 5.88 Å². The van der Waals surface area contributed by atoms with Crippen molar-refractivity contribution in [2.24, 2.45) is 0 Å². The monoisotopic (exact) mass is 451 g/mol. The Labute approximate surface area is 185 Å². The van der Waals surface area contributed by atoms with Crippen molar-refractivity contribution < 1.29 is 34.0 Å². The molecule has 1 aromatic carbocycles. The molecule has 4 N–H and O–H groups in total. The van der Waals surface area contributed by atoms with Crippen LogP contribution in [0.15, 0.2) is 24.3 Å². The predicted octanol–water partition coefficient (Wildman–Crippen LogP) is 2.24. The minimum Gasteiger partial charge on any atom is -0.481 e. The summed E-state index contributed by atoms with van der Waals surface area (Å²) >= 11 is 0. The van der Waals surface area contributed by atoms with E-state index in [1.807, 2.05) is 20.8 Å². The van der Waals surface area contributed by atoms with E-state index in [1.165, 1.54) is 28.9 Å². The molecule has 1 aromatic heterocycles. The van der Waals surface area contributed by atoms with Gasteiger partial charge >= 0.3 is 5.97 Å². The molecule has 0 spiro atoms. The van der Waals surface area contributed by atoms with E-state index < -0.39 is 30.4 Å². The van der Waals surface area contributed by atoms with Gasteiger partial charge in [0.25, 0.3) is 5.91 Å². The number of carbonyl (C=O) groups excluding carboxylic acids is 1. The molecule has 10 heteroatoms. The quantitative estimate of drug-likeness (QED) is 0.389. The molecule has 0 aliphatic rings. The molecule has 1 amide bonds. The molecule has 0 aliphatic heterocycles. The van der Waals surface area contributed by atoms with E-state index >= 15 is 0 Å². The van der Waals surface area contributed by atoms with Crippen LogP contribution in [0.1, 0.15) is 62.0 Å². The number of aliphatic hydroxyl groups excluding tert-OH is 2. The topological polar surface area (TPSA) is 134 Å². The Morgan fingerprint density at radius 2 is 1.84 bits per heavy atom. The van der Waals surface area contributed by atoms with Crippen molar-refractivity contribution >= 4 is 11.9 Å². The molecular formula is C22H30FN3O6. The highest BCUT2D eigenvalue weighted by Crippen LogP contribution is 2.33. The van der Waals surface area contributed by atoms with Gasteiger partial charge in [0.15, 0.2) is 5.69 Å². The third-order valence-corrected chi connectivity index (χ3v) is 4.64. The standard InChI is InChI=1S/C22H30FN3O6/c1-4-9-24-21(31)20-19(13(2)3)22(26(25-20)15-7-5-14(23)6-8-15)32-12-17(28)10-16(27)11-18(29)30/h5-8,13,16-17,27-28H,4,9-12H2,1-3H3,(H,24,31)(H,29,30)/t16-,17+/m1/s1. The maximum Gasteiger partial charge on any atom is 0.305 e. The lowest BCUT2D eigenvalue weighted by Gasteiger charge is -2.17. The fourth-order valence-electron chi connectivity index (χ4n) is 3.16. The average molecular weight is 451 g/mol. The van der Waals surface area contributed by atoms with Crippen LogP contribution in [0.2, 0.25) is 0 Å². The van der Waals surface area contributed by atoms with Crippen molar-refractivity contribution in [3.8, 4) is 11.6 Å². The molecule has 32 heavy (non-hydrogen) atoms. The van der Waals surface area contributed by atoms with E-state index in [1.54, 1.807) is 0 Å². The fraction of sp³-hybridized carbons (Fsp3) is 0.500. The zero-order valence-corrected chi connectivity index (χ0v) is 18.4. The summed E-state index contributed by atoms with van der Waals surface area (Å²) in [6.45, 7) is 5.86. The molecule has 2 rings (SSSR count). The van der Waals surface area contributed by atoms with Gasteiger partial charge in [0.1, 0.15) is 12.4 Å². The van der Waals surface area contributed by atoms with Gasteiger partial charge in [-0.1, -0.05) is 20.8 Å². The molecule has 0 saturated carbocycles. The highest BCUT2D eigenvalue weighted by Gasteiger charge is 2.28. The van der Waals surface area contributed by atoms with Gasteiger partial charge in [0.05, 0.1) is 24.3 Å². The summed E-state index contributed by atoms with van der Waals surface area (Å²) in [4.78, 5) is 23.4. The van der Waals surface area contributed by atoms with E-state index in [9.17, 15) is 24.2 Å². The van der Waals surface area contributed by atoms with Crippen LogP contribution < -0.4 is 10.1 Å². The van der Waals surface area contributed by atoms with Crippen LogP contribution in [-0.2, 0) is 4.79 Å². The first-order valence-corrected chi connectivity index (χ1v) is 10.5. The van der Waals surface area contributed by atoms with Crippen LogP contribution in [0.3, 0.4) is 0 Å². The van der Waals surface area contributed by atoms with Crippen LogP contribution >= 0.6 is 0 Å². The van der Waals surface area contributed by atoms with Crippen molar-refractivity contribution in [1.29, 1.82) is 0 Å². The van der Waals surface area contributed by atoms with Gasteiger partial charge in [0.2, 0.25) is 5.88 Å². The van der Waals surface area contributed by atoms with E-state index in [-0.39, 0.29) is 36.4 Å². The van der Waals surface area contributed by atoms with Crippen LogP contribution in [0.4, 0.5) is 4.39 Å². The molecule has 0 bridgehead atoms. The number of nitrogens with zero attached hydrogens (tertiary/aromatic N) is 2. The number of carbonyl (C=O) groups is 2. The minimum atomic E-state index is -1.23. The molecule has 0 radical (unpaired) electrons. The second-order valence-corrected chi connectivity index (χ2v) is 7.82. The van der Waals surface area contributed by atoms with E-state index in [0.717, 1.165) is 6.42 Å². The van der Waals surface area contributed by atoms with Gasteiger partial charge in [-0.2, -0.15) is 5.10 Å². The molecule has 0 saturated heterocycles. The third kappa shape index (κ3) is 6.76. The van der Waals surface area contributed by atoms with E-state index in [0.29, 0.717) is 17.8 Å². The lowest BCUT2D eigenvalue weighted by Crippen LogP contribution is -2.26. The summed E-state index contributed by atoms with van der Waals surface area (Å²) in [6.07, 6.45) is -2.33. The van der Waals surface area contributed by atoms with Gasteiger partial charge in [-0.15, -0.1) is 0 Å². The van der Waals surface area contributed by atoms with Crippen molar-refractivity contribution in [2.75, 3.05) is 13.2 Å². The Balaban J connectivity index is 2.38. The SMILES string of the molecule is CCCNC(=O)c1nn(-c2ccc(F)cc2)c(OC[C@@H](O)C[C@@H](O)CC(=O)O)c1C(C)C. The first-order valence-electron chi connectivity index (χ1n) is 10.5. The second-order valence-electron chi connectivity index (χ2n) is 7.82. The van der Waals surface area contributed by atoms with Gasteiger partial charge in [0, 0.05) is 18.5 Å². The van der Waals surface area contributed by atoms with E-state index in [2.05, 4.69) is 10.4 Å². The number of hydrogen-bond acceptors (Lipinski definition) is 6. The molecular weight excluding hydrogens is 421 g/mol. The van der Waals surface area contributed by atoms with Gasteiger partial charge in [-0.25, -0.2) is 9.07 Å². The van der Waals surface area contributed by atoms with Gasteiger partial charge < -0.3 is 25.4 Å². The first kappa shape index (κ1) is 25.3. The Morgan fingerprint density at radius 1 is 1.19 bits per heavy atom. The molecule has 0 unspecified atom stereocenters. The lowest BCUT2D eigenvalue weighted by molar-refractivity contribution is -0.139. The van der Waals surface area contributed by atoms with Gasteiger partial charge in [-0.3, -0.25) is 9.59 Å². The molecule has 2 atom stereocenters. The zero-order chi connectivity index (χ0) is 23.8. The Hall–Kier alpha value is -2.98. The van der Waals surface area contributed by atoms with Crippen LogP contribution in [-0.4, -0.2) is 62.3 Å². The molecule has 0 aliphatic carbocycles. The fourth-order valence-corrected chi connectivity index (χ4v) is 3.16. The smallest absolute Gasteiger partial charge is 0.305 e. The molecule has 9 nitrogen and oxygen atoms in total. The summed E-state index contributed by atoms with van der Waals surface area (Å²) in [5.41, 5.74) is 1.13. The molecule has 176 valence electrons. The highest BCUT2D eigenvalue weighted by atomic mass is 19.1. The number of aromatic nitrogens is 2. The number of aliphatic carboxylic acids is 1. The highest BCUT2D eigenvalue weighted by molar-refractivity contribution is 5.94. The number of carboxylic acids is 1. The van der Waals surface area contributed by atoms with Crippen molar-refractivity contribution in [1.82, 2.24) is 15.1 Å². The van der Waals surface area contributed by atoms with Crippen molar-refractivity contribution in [3.05, 3.63) is 41.3 Å². The summed E-state index contributed by atoms with van der Waals surface area (Å²) in [5.74, 6) is -1.95. The Morgan fingerprint density at radius 3 is 2.41 bits per heavy atom. The number of aliphatic hydroxyl groups is 2. The summed E-state index contributed by atoms with van der Waals surface area (Å²) < 4.78 is 20.6. The first-order chi connectivity index (χ1) is 15.1. The largest absolute Gasteiger partial charge is 0.481 e. The van der Waals surface area contributed by atoms with Gasteiger partial charge in [-0.05, 0) is 36.6 Å². The van der Waals surface area contributed by atoms with E-state index in [4.69, 9.17) is 9.84 Å². The zero-order valence-electron chi connectivity index (χ0n) is 18.4. The number of benzene rings is 1. The summed E-state index contributed by atoms with van der Waals surface area (Å²) in [6, 6.07) is 5.48. The van der Waals surface area contributed by atoms with Crippen molar-refractivity contribution in [2.45, 2.75) is 58.2 Å².